The summed E-state index contributed by atoms with van der Waals surface area (Å²) < 4.78 is 0. The van der Waals surface area contributed by atoms with E-state index >= 15 is 0 Å². The molecule has 112 valence electrons. The van der Waals surface area contributed by atoms with E-state index in [1.165, 1.54) is 36.0 Å². The molecule has 0 saturated heterocycles. The van der Waals surface area contributed by atoms with Gasteiger partial charge in [0.2, 0.25) is 0 Å². The van der Waals surface area contributed by atoms with Crippen LogP contribution in [0.3, 0.4) is 0 Å². The Morgan fingerprint density at radius 1 is 1.05 bits per heavy atom. The average molecular weight is 281 g/mol. The van der Waals surface area contributed by atoms with E-state index < -0.39 is 0 Å². The number of nitrogens with zero attached hydrogens (tertiary/aromatic N) is 1. The van der Waals surface area contributed by atoms with Crippen molar-refractivity contribution in [3.8, 4) is 0 Å². The lowest BCUT2D eigenvalue weighted by atomic mass is 9.80. The second kappa shape index (κ2) is 7.97. The van der Waals surface area contributed by atoms with Crippen LogP contribution in [-0.2, 0) is 12.8 Å². The minimum atomic E-state index is 0.645. The molecule has 0 aliphatic rings. The van der Waals surface area contributed by atoms with Crippen LogP contribution < -0.4 is 0 Å². The first-order chi connectivity index (χ1) is 10.3. The van der Waals surface area contributed by atoms with Crippen molar-refractivity contribution in [2.24, 2.45) is 5.92 Å². The fraction of sp³-hybridized carbons (Fsp3) is 0.450. The quantitative estimate of drug-likeness (QED) is 0.661. The van der Waals surface area contributed by atoms with E-state index in [0.29, 0.717) is 11.8 Å². The predicted octanol–water partition coefficient (Wildman–Crippen LogP) is 5.41. The number of aryl methyl sites for hydroxylation is 2. The zero-order valence-corrected chi connectivity index (χ0v) is 13.5. The molecule has 0 radical (unpaired) electrons. The maximum atomic E-state index is 4.29. The third-order valence-electron chi connectivity index (χ3n) is 4.58. The molecule has 21 heavy (non-hydrogen) atoms. The molecular weight excluding hydrogens is 254 g/mol. The molecule has 2 aromatic rings. The molecule has 1 aromatic heterocycles. The van der Waals surface area contributed by atoms with Crippen molar-refractivity contribution in [2.75, 3.05) is 0 Å². The smallest absolute Gasteiger partial charge is 0.0302 e. The fourth-order valence-corrected chi connectivity index (χ4v) is 3.26. The molecule has 0 fully saturated rings. The normalized spacial score (nSPS) is 13.9. The Hall–Kier alpha value is -1.63. The van der Waals surface area contributed by atoms with Gasteiger partial charge in [0.1, 0.15) is 0 Å². The highest BCUT2D eigenvalue weighted by molar-refractivity contribution is 5.28. The van der Waals surface area contributed by atoms with Crippen LogP contribution in [0.1, 0.15) is 56.2 Å². The minimum absolute atomic E-state index is 0.645. The first-order valence-corrected chi connectivity index (χ1v) is 8.22. The van der Waals surface area contributed by atoms with E-state index in [-0.39, 0.29) is 0 Å². The van der Waals surface area contributed by atoms with Crippen LogP contribution in [0.2, 0.25) is 0 Å². The van der Waals surface area contributed by atoms with Crippen LogP contribution in [0.15, 0.2) is 48.8 Å². The molecule has 0 aliphatic heterocycles. The third kappa shape index (κ3) is 4.17. The van der Waals surface area contributed by atoms with Gasteiger partial charge in [0.05, 0.1) is 0 Å². The topological polar surface area (TPSA) is 12.9 Å². The Balaban J connectivity index is 2.06. The number of hydrogen-bond donors (Lipinski definition) is 0. The van der Waals surface area contributed by atoms with Gasteiger partial charge in [-0.1, -0.05) is 51.1 Å². The van der Waals surface area contributed by atoms with Crippen LogP contribution >= 0.6 is 0 Å². The van der Waals surface area contributed by atoms with E-state index in [0.717, 1.165) is 6.42 Å². The maximum absolute atomic E-state index is 4.29. The summed E-state index contributed by atoms with van der Waals surface area (Å²) in [6.07, 6.45) is 8.68. The van der Waals surface area contributed by atoms with Crippen LogP contribution in [0.4, 0.5) is 0 Å². The summed E-state index contributed by atoms with van der Waals surface area (Å²) in [5.74, 6) is 1.34. The van der Waals surface area contributed by atoms with Gasteiger partial charge in [-0.15, -0.1) is 0 Å². The Bertz CT molecular complexity index is 533. The molecular formula is C20H27N. The van der Waals surface area contributed by atoms with E-state index in [4.69, 9.17) is 0 Å². The van der Waals surface area contributed by atoms with Crippen molar-refractivity contribution < 1.29 is 0 Å². The summed E-state index contributed by atoms with van der Waals surface area (Å²) in [5, 5.41) is 0. The predicted molar refractivity (Wildman–Crippen MR) is 90.6 cm³/mol. The summed E-state index contributed by atoms with van der Waals surface area (Å²) in [6, 6.07) is 13.1. The monoisotopic (exact) mass is 281 g/mol. The van der Waals surface area contributed by atoms with Gasteiger partial charge in [-0.25, -0.2) is 0 Å². The van der Waals surface area contributed by atoms with E-state index in [1.54, 1.807) is 0 Å². The molecule has 1 aromatic carbocycles. The molecule has 0 spiro atoms. The van der Waals surface area contributed by atoms with Gasteiger partial charge in [-0.3, -0.25) is 4.98 Å². The molecule has 0 aliphatic carbocycles. The molecule has 0 saturated carbocycles. The average Bonchev–Trinajstić information content (AvgIpc) is 2.55. The molecule has 2 unspecified atom stereocenters. The van der Waals surface area contributed by atoms with E-state index in [1.807, 2.05) is 12.4 Å². The lowest BCUT2D eigenvalue weighted by Gasteiger charge is -2.25. The molecule has 0 N–H and O–H groups in total. The summed E-state index contributed by atoms with van der Waals surface area (Å²) in [7, 11) is 0. The van der Waals surface area contributed by atoms with Gasteiger partial charge in [0.15, 0.2) is 0 Å². The van der Waals surface area contributed by atoms with Crippen LogP contribution in [0.25, 0.3) is 0 Å². The van der Waals surface area contributed by atoms with E-state index in [9.17, 15) is 0 Å². The Morgan fingerprint density at radius 3 is 2.48 bits per heavy atom. The summed E-state index contributed by atoms with van der Waals surface area (Å²) in [5.41, 5.74) is 4.37. The second-order valence-corrected chi connectivity index (χ2v) is 5.94. The van der Waals surface area contributed by atoms with E-state index in [2.05, 4.69) is 62.2 Å². The van der Waals surface area contributed by atoms with Gasteiger partial charge >= 0.3 is 0 Å². The van der Waals surface area contributed by atoms with Gasteiger partial charge in [0, 0.05) is 12.4 Å². The highest BCUT2D eigenvalue weighted by Gasteiger charge is 2.19. The number of pyridine rings is 1. The molecule has 0 amide bonds. The molecule has 2 rings (SSSR count). The largest absolute Gasteiger partial charge is 0.264 e. The summed E-state index contributed by atoms with van der Waals surface area (Å²) in [4.78, 5) is 4.29. The van der Waals surface area contributed by atoms with Gasteiger partial charge in [-0.2, -0.15) is 0 Å². The van der Waals surface area contributed by atoms with Crippen molar-refractivity contribution in [3.63, 3.8) is 0 Å². The number of aromatic nitrogens is 1. The molecule has 0 bridgehead atoms. The SMILES string of the molecule is CCc1cnccc1C(CC)C(C)CCc1ccccc1. The Labute approximate surface area is 129 Å². The van der Waals surface area contributed by atoms with Crippen molar-refractivity contribution in [3.05, 3.63) is 65.5 Å². The fourth-order valence-electron chi connectivity index (χ4n) is 3.26. The zero-order valence-electron chi connectivity index (χ0n) is 13.5. The second-order valence-electron chi connectivity index (χ2n) is 5.94. The van der Waals surface area contributed by atoms with Crippen molar-refractivity contribution >= 4 is 0 Å². The van der Waals surface area contributed by atoms with Crippen molar-refractivity contribution in [2.45, 2.75) is 52.4 Å². The standard InChI is InChI=1S/C20H27N/c1-4-18-15-21-14-13-20(18)19(5-2)16(3)11-12-17-9-7-6-8-10-17/h6-10,13-16,19H,4-5,11-12H2,1-3H3. The van der Waals surface area contributed by atoms with Crippen LogP contribution in [0, 0.1) is 5.92 Å². The van der Waals surface area contributed by atoms with Crippen LogP contribution in [-0.4, -0.2) is 4.98 Å². The molecule has 2 atom stereocenters. The van der Waals surface area contributed by atoms with Gasteiger partial charge < -0.3 is 0 Å². The molecule has 1 nitrogen and oxygen atoms in total. The lowest BCUT2D eigenvalue weighted by molar-refractivity contribution is 0.417. The highest BCUT2D eigenvalue weighted by atomic mass is 14.6. The molecule has 1 heterocycles. The third-order valence-corrected chi connectivity index (χ3v) is 4.58. The number of benzene rings is 1. The maximum Gasteiger partial charge on any atom is 0.0302 e. The number of hydrogen-bond acceptors (Lipinski definition) is 1. The minimum Gasteiger partial charge on any atom is -0.264 e. The van der Waals surface area contributed by atoms with Gasteiger partial charge in [-0.05, 0) is 60.3 Å². The van der Waals surface area contributed by atoms with Crippen molar-refractivity contribution in [1.29, 1.82) is 0 Å². The Kier molecular flexibility index (Phi) is 5.98. The number of rotatable bonds is 7. The first-order valence-electron chi connectivity index (χ1n) is 8.22. The Morgan fingerprint density at radius 2 is 1.81 bits per heavy atom. The first kappa shape index (κ1) is 15.8. The summed E-state index contributed by atoms with van der Waals surface area (Å²) >= 11 is 0. The lowest BCUT2D eigenvalue weighted by Crippen LogP contribution is -2.12. The molecule has 1 heteroatoms. The van der Waals surface area contributed by atoms with Crippen molar-refractivity contribution in [1.82, 2.24) is 4.98 Å². The summed E-state index contributed by atoms with van der Waals surface area (Å²) in [6.45, 7) is 6.93. The van der Waals surface area contributed by atoms with Crippen LogP contribution in [0.5, 0.6) is 0 Å². The zero-order chi connectivity index (χ0) is 15.1. The highest BCUT2D eigenvalue weighted by Crippen LogP contribution is 2.32. The van der Waals surface area contributed by atoms with Gasteiger partial charge in [0.25, 0.3) is 0 Å².